The predicted molar refractivity (Wildman–Crippen MR) is 165 cm³/mol. The van der Waals surface area contributed by atoms with Gasteiger partial charge in [-0.3, -0.25) is 14.4 Å². The van der Waals surface area contributed by atoms with Crippen LogP contribution in [-0.2, 0) is 44.9 Å². The monoisotopic (exact) mass is 673 g/mol. The summed E-state index contributed by atoms with van der Waals surface area (Å²) in [6, 6.07) is 7.28. The van der Waals surface area contributed by atoms with Gasteiger partial charge < -0.3 is 20.1 Å². The first-order valence-corrected chi connectivity index (χ1v) is 16.1. The Morgan fingerprint density at radius 3 is 2.22 bits per heavy atom. The number of hydrogen-bond acceptors (Lipinski definition) is 6. The maximum atomic E-state index is 13.0. The van der Waals surface area contributed by atoms with Crippen LogP contribution < -0.4 is 5.73 Å². The molecule has 0 spiro atoms. The number of ketones is 1. The fourth-order valence-corrected chi connectivity index (χ4v) is 7.44. The van der Waals surface area contributed by atoms with E-state index in [1.54, 1.807) is 23.5 Å². The number of carbonyl (C=O) groups is 4. The second kappa shape index (κ2) is 15.1. The van der Waals surface area contributed by atoms with Crippen LogP contribution in [0.5, 0.6) is 0 Å². The molecule has 1 aromatic heterocycles. The van der Waals surface area contributed by atoms with E-state index in [-0.39, 0.29) is 18.2 Å². The molecule has 0 bridgehead atoms. The summed E-state index contributed by atoms with van der Waals surface area (Å²) in [5.74, 6) is -2.58. The number of benzene rings is 1. The van der Waals surface area contributed by atoms with Crippen molar-refractivity contribution in [2.75, 3.05) is 19.6 Å². The maximum absolute atomic E-state index is 13.0. The van der Waals surface area contributed by atoms with E-state index in [1.165, 1.54) is 24.1 Å². The van der Waals surface area contributed by atoms with E-state index < -0.39 is 23.7 Å². The number of primary amides is 1. The molecule has 2 aromatic rings. The molecule has 8 nitrogen and oxygen atoms in total. The molecule has 1 unspecified atom stereocenters. The average Bonchev–Trinajstić information content (AvgIpc) is 3.23. The van der Waals surface area contributed by atoms with Crippen molar-refractivity contribution in [1.82, 2.24) is 0 Å². The number of quaternary nitrogens is 1. The van der Waals surface area contributed by atoms with E-state index in [1.807, 2.05) is 32.9 Å². The number of alkyl halides is 3. The number of carbonyl (C=O) groups excluding carboxylic acids is 3. The van der Waals surface area contributed by atoms with Gasteiger partial charge >= 0.3 is 18.1 Å². The molecular weight excluding hydrogens is 633 g/mol. The summed E-state index contributed by atoms with van der Waals surface area (Å²) in [7, 11) is 0. The van der Waals surface area contributed by atoms with Crippen molar-refractivity contribution >= 4 is 46.6 Å². The highest BCUT2D eigenvalue weighted by molar-refractivity contribution is 7.12. The molecule has 13 heteroatoms. The summed E-state index contributed by atoms with van der Waals surface area (Å²) in [5.41, 5.74) is 7.88. The zero-order chi connectivity index (χ0) is 33.6. The molecule has 0 saturated heterocycles. The normalized spacial score (nSPS) is 18.2. The van der Waals surface area contributed by atoms with Crippen LogP contribution in [0.25, 0.3) is 0 Å². The minimum absolute atomic E-state index is 0.0565. The van der Waals surface area contributed by atoms with Crippen molar-refractivity contribution in [1.29, 1.82) is 0 Å². The zero-order valence-corrected chi connectivity index (χ0v) is 27.4. The Labute approximate surface area is 270 Å². The summed E-state index contributed by atoms with van der Waals surface area (Å²) >= 11 is 7.56. The second-order valence-corrected chi connectivity index (χ2v) is 14.5. The number of ether oxygens (including phenoxy) is 1. The molecule has 1 aromatic carbocycles. The number of nitrogens with two attached hydrogens (primary N) is 1. The number of nitrogens with zero attached hydrogens (tertiary/aromatic N) is 1. The van der Waals surface area contributed by atoms with Gasteiger partial charge in [0.1, 0.15) is 17.9 Å². The fourth-order valence-electron chi connectivity index (χ4n) is 5.79. The lowest BCUT2D eigenvalue weighted by atomic mass is 9.83. The van der Waals surface area contributed by atoms with Gasteiger partial charge in [0.25, 0.3) is 0 Å². The molecule has 1 fully saturated rings. The molecule has 2 aliphatic rings. The SMILES string of the molecule is CC(C)(C)OC(=O)CCC[N+]1(CC2CCC2)CCc2c(sc(CC(=O)Cc3ccc(Cl)cc3)c2C(N)=O)C1.O=C(O)C(F)(F)F. The lowest BCUT2D eigenvalue weighted by molar-refractivity contribution is -0.946. The van der Waals surface area contributed by atoms with Crippen LogP contribution in [0.3, 0.4) is 0 Å². The standard InChI is InChI=1S/C30H39ClN2O4S.C2HF3O2/c1-30(2,3)37-27(35)8-5-14-33(18-21-6-4-7-21)15-13-24-26(19-33)38-25(28(24)29(32)36)17-23(34)16-20-9-11-22(31)12-10-20;3-2(4,5)1(6)7/h9-12,21H,4-8,13-19H2,1-3H3,(H-,32,36);(H,6,7)/p+1. The fraction of sp³-hybridized carbons (Fsp3) is 0.562. The Morgan fingerprint density at radius 2 is 1.71 bits per heavy atom. The van der Waals surface area contributed by atoms with Gasteiger partial charge in [-0.25, -0.2) is 4.79 Å². The quantitative estimate of drug-likeness (QED) is 0.214. The highest BCUT2D eigenvalue weighted by atomic mass is 35.5. The van der Waals surface area contributed by atoms with Crippen LogP contribution in [0.1, 0.15) is 84.1 Å². The molecule has 248 valence electrons. The Bertz CT molecular complexity index is 1380. The van der Waals surface area contributed by atoms with E-state index in [0.717, 1.165) is 59.5 Å². The van der Waals surface area contributed by atoms with Crippen LogP contribution in [-0.4, -0.2) is 64.6 Å². The molecule has 0 radical (unpaired) electrons. The highest BCUT2D eigenvalue weighted by Gasteiger charge is 2.40. The predicted octanol–water partition coefficient (Wildman–Crippen LogP) is 6.28. The van der Waals surface area contributed by atoms with Gasteiger partial charge in [0, 0.05) is 41.5 Å². The number of carboxylic acids is 1. The Hall–Kier alpha value is -2.96. The average molecular weight is 674 g/mol. The lowest BCUT2D eigenvalue weighted by Crippen LogP contribution is -2.54. The third-order valence-electron chi connectivity index (χ3n) is 7.94. The molecule has 2 heterocycles. The third kappa shape index (κ3) is 11.1. The number of Topliss-reactive ketones (excluding diaryl/α,β-unsaturated/α-hetero) is 1. The van der Waals surface area contributed by atoms with Gasteiger partial charge in [0.15, 0.2) is 0 Å². The molecule has 3 N–H and O–H groups in total. The smallest absolute Gasteiger partial charge is 0.475 e. The molecular formula is C32H41ClF3N2O6S+. The van der Waals surface area contributed by atoms with Crippen LogP contribution >= 0.6 is 22.9 Å². The molecule has 1 saturated carbocycles. The maximum Gasteiger partial charge on any atom is 0.490 e. The van der Waals surface area contributed by atoms with Gasteiger partial charge in [-0.15, -0.1) is 11.3 Å². The summed E-state index contributed by atoms with van der Waals surface area (Å²) in [6.45, 7) is 9.45. The minimum atomic E-state index is -5.08. The number of thiophene rings is 1. The van der Waals surface area contributed by atoms with Crippen LogP contribution in [0.15, 0.2) is 24.3 Å². The number of carboxylic acid groups (broad SMARTS) is 1. The summed E-state index contributed by atoms with van der Waals surface area (Å²) in [4.78, 5) is 48.7. The van der Waals surface area contributed by atoms with Crippen molar-refractivity contribution in [2.45, 2.75) is 90.5 Å². The van der Waals surface area contributed by atoms with Gasteiger partial charge in [-0.2, -0.15) is 13.2 Å². The van der Waals surface area contributed by atoms with Gasteiger partial charge in [0.05, 0.1) is 36.5 Å². The van der Waals surface area contributed by atoms with E-state index in [0.29, 0.717) is 29.3 Å². The zero-order valence-electron chi connectivity index (χ0n) is 25.8. The number of halogens is 4. The van der Waals surface area contributed by atoms with E-state index in [4.69, 9.17) is 32.0 Å². The topological polar surface area (TPSA) is 124 Å². The van der Waals surface area contributed by atoms with Crippen molar-refractivity contribution in [2.24, 2.45) is 11.7 Å². The first-order valence-electron chi connectivity index (χ1n) is 14.9. The molecule has 1 atom stereocenters. The first kappa shape index (κ1) is 36.5. The van der Waals surface area contributed by atoms with E-state index in [9.17, 15) is 27.6 Å². The van der Waals surface area contributed by atoms with E-state index >= 15 is 0 Å². The summed E-state index contributed by atoms with van der Waals surface area (Å²) in [6.07, 6.45) is 1.20. The molecule has 1 aliphatic heterocycles. The molecule has 4 rings (SSSR count). The molecule has 1 amide bonds. The number of aliphatic carboxylic acids is 1. The van der Waals surface area contributed by atoms with Crippen molar-refractivity contribution < 1.29 is 46.7 Å². The Morgan fingerprint density at radius 1 is 1.09 bits per heavy atom. The van der Waals surface area contributed by atoms with Crippen LogP contribution in [0, 0.1) is 5.92 Å². The summed E-state index contributed by atoms with van der Waals surface area (Å²) in [5, 5.41) is 7.76. The van der Waals surface area contributed by atoms with E-state index in [2.05, 4.69) is 0 Å². The lowest BCUT2D eigenvalue weighted by Gasteiger charge is -2.45. The summed E-state index contributed by atoms with van der Waals surface area (Å²) < 4.78 is 38.2. The Kier molecular flexibility index (Phi) is 12.2. The third-order valence-corrected chi connectivity index (χ3v) is 9.41. The number of hydrogen-bond donors (Lipinski definition) is 2. The van der Waals surface area contributed by atoms with Crippen molar-refractivity contribution in [3.63, 3.8) is 0 Å². The van der Waals surface area contributed by atoms with Gasteiger partial charge in [-0.05, 0) is 56.9 Å². The number of fused-ring (bicyclic) bond motifs is 1. The van der Waals surface area contributed by atoms with Gasteiger partial charge in [-0.1, -0.05) is 30.2 Å². The largest absolute Gasteiger partial charge is 0.490 e. The van der Waals surface area contributed by atoms with Crippen LogP contribution in [0.4, 0.5) is 13.2 Å². The minimum Gasteiger partial charge on any atom is -0.475 e. The molecule has 45 heavy (non-hydrogen) atoms. The van der Waals surface area contributed by atoms with Crippen molar-refractivity contribution in [3.05, 3.63) is 55.7 Å². The number of esters is 1. The second-order valence-electron chi connectivity index (χ2n) is 12.9. The molecule has 1 aliphatic carbocycles. The highest BCUT2D eigenvalue weighted by Crippen LogP contribution is 2.39. The number of amides is 1. The van der Waals surface area contributed by atoms with Gasteiger partial charge in [0.2, 0.25) is 5.91 Å². The van der Waals surface area contributed by atoms with Crippen LogP contribution in [0.2, 0.25) is 5.02 Å². The van der Waals surface area contributed by atoms with Crippen molar-refractivity contribution in [3.8, 4) is 0 Å². The first-order chi connectivity index (χ1) is 20.9. The Balaban J connectivity index is 0.000000707. The number of rotatable bonds is 11.